The predicted octanol–water partition coefficient (Wildman–Crippen LogP) is 1.25. The Hall–Kier alpha value is -2.57. The quantitative estimate of drug-likeness (QED) is 0.621. The van der Waals surface area contributed by atoms with Crippen molar-refractivity contribution in [3.05, 3.63) is 35.3 Å². The Morgan fingerprint density at radius 1 is 0.684 bits per heavy atom. The summed E-state index contributed by atoms with van der Waals surface area (Å²) in [6.07, 6.45) is 3.38. The lowest BCUT2D eigenvalue weighted by Crippen LogP contribution is -2.11. The van der Waals surface area contributed by atoms with E-state index in [4.69, 9.17) is 15.3 Å². The van der Waals surface area contributed by atoms with E-state index in [9.17, 15) is 14.4 Å². The zero-order chi connectivity index (χ0) is 15.2. The Balaban J connectivity index is 5.52. The fourth-order valence-corrected chi connectivity index (χ4v) is 0.948. The van der Waals surface area contributed by atoms with Crippen molar-refractivity contribution < 1.29 is 29.7 Å². The van der Waals surface area contributed by atoms with Gasteiger partial charge in [-0.25, -0.2) is 14.4 Å². The second kappa shape index (κ2) is 7.00. The molecule has 7 nitrogen and oxygen atoms in total. The second-order valence-corrected chi connectivity index (χ2v) is 3.80. The molecule has 0 atom stereocenters. The number of carboxylic acid groups (broad SMARTS) is 3. The van der Waals surface area contributed by atoms with Crippen LogP contribution in [0.3, 0.4) is 0 Å². The first-order valence-corrected chi connectivity index (χ1v) is 5.17. The van der Waals surface area contributed by atoms with Crippen LogP contribution in [0.15, 0.2) is 35.3 Å². The van der Waals surface area contributed by atoms with E-state index in [0.717, 1.165) is 23.5 Å². The van der Waals surface area contributed by atoms with Crippen LogP contribution in [-0.4, -0.2) is 38.1 Å². The average Bonchev–Trinajstić information content (AvgIpc) is 2.27. The van der Waals surface area contributed by atoms with Gasteiger partial charge in [-0.2, -0.15) is 0 Å². The van der Waals surface area contributed by atoms with Gasteiger partial charge in [0.15, 0.2) is 0 Å². The van der Waals surface area contributed by atoms with E-state index in [-0.39, 0.29) is 16.7 Å². The Morgan fingerprint density at radius 2 is 0.895 bits per heavy atom. The number of carbonyl (C=O) groups is 3. The third-order valence-electron chi connectivity index (χ3n) is 2.04. The van der Waals surface area contributed by atoms with E-state index in [1.165, 1.54) is 20.8 Å². The molecule has 0 aromatic carbocycles. The molecule has 0 aliphatic carbocycles. The first-order valence-electron chi connectivity index (χ1n) is 5.17. The highest BCUT2D eigenvalue weighted by Crippen LogP contribution is 2.07. The van der Waals surface area contributed by atoms with Crippen LogP contribution < -0.4 is 0 Å². The van der Waals surface area contributed by atoms with Crippen LogP contribution in [0.25, 0.3) is 0 Å². The molecule has 0 aliphatic rings. The molecule has 7 heteroatoms. The molecule has 0 unspecified atom stereocenters. The summed E-state index contributed by atoms with van der Waals surface area (Å²) >= 11 is 0. The Labute approximate surface area is 109 Å². The van der Waals surface area contributed by atoms with Crippen molar-refractivity contribution >= 4 is 17.9 Å². The monoisotopic (exact) mass is 269 g/mol. The normalized spacial score (nSPS) is 13.1. The van der Waals surface area contributed by atoms with Crippen LogP contribution in [-0.2, 0) is 14.4 Å². The topological polar surface area (TPSA) is 115 Å². The largest absolute Gasteiger partial charge is 0.478 e. The SMILES string of the molecule is CC(=CN(C=C(C)C(=O)O)C=C(C)C(=O)O)C(=O)O. The molecule has 0 bridgehead atoms. The first-order chi connectivity index (χ1) is 8.65. The molecule has 19 heavy (non-hydrogen) atoms. The Bertz CT molecular complexity index is 415. The molecule has 0 aromatic heterocycles. The molecule has 0 rings (SSSR count). The third kappa shape index (κ3) is 6.06. The summed E-state index contributed by atoms with van der Waals surface area (Å²) in [5, 5.41) is 26.2. The van der Waals surface area contributed by atoms with Crippen molar-refractivity contribution in [3.8, 4) is 0 Å². The fraction of sp³-hybridized carbons (Fsp3) is 0.250. The molecule has 0 aromatic rings. The molecular weight excluding hydrogens is 254 g/mol. The summed E-state index contributed by atoms with van der Waals surface area (Å²) in [6, 6.07) is 0. The molecule has 0 saturated heterocycles. The highest BCUT2D eigenvalue weighted by Gasteiger charge is 2.07. The van der Waals surface area contributed by atoms with Crippen LogP contribution in [0.5, 0.6) is 0 Å². The standard InChI is InChI=1S/C12H15NO6/c1-7(10(14)15)4-13(5-8(2)11(16)17)6-9(3)12(18)19/h4-6H,1-3H3,(H,14,15)(H,16,17)(H,18,19). The minimum absolute atomic E-state index is 0.0659. The van der Waals surface area contributed by atoms with Crippen LogP contribution >= 0.6 is 0 Å². The lowest BCUT2D eigenvalue weighted by Gasteiger charge is -2.12. The maximum atomic E-state index is 10.7. The van der Waals surface area contributed by atoms with Crippen molar-refractivity contribution in [2.24, 2.45) is 0 Å². The maximum Gasteiger partial charge on any atom is 0.332 e. The predicted molar refractivity (Wildman–Crippen MR) is 66.0 cm³/mol. The summed E-state index contributed by atoms with van der Waals surface area (Å²) in [6.45, 7) is 3.93. The van der Waals surface area contributed by atoms with E-state index in [0.29, 0.717) is 0 Å². The van der Waals surface area contributed by atoms with Gasteiger partial charge in [0.25, 0.3) is 0 Å². The van der Waals surface area contributed by atoms with Gasteiger partial charge in [-0.3, -0.25) is 0 Å². The molecule has 0 heterocycles. The van der Waals surface area contributed by atoms with Gasteiger partial charge in [0.05, 0.1) is 16.7 Å². The van der Waals surface area contributed by atoms with E-state index in [1.54, 1.807) is 0 Å². The van der Waals surface area contributed by atoms with Gasteiger partial charge in [0.2, 0.25) is 0 Å². The second-order valence-electron chi connectivity index (χ2n) is 3.80. The molecule has 0 fully saturated rings. The molecular formula is C12H15NO6. The van der Waals surface area contributed by atoms with Crippen molar-refractivity contribution in [1.82, 2.24) is 4.90 Å². The number of nitrogens with zero attached hydrogens (tertiary/aromatic N) is 1. The number of rotatable bonds is 6. The lowest BCUT2D eigenvalue weighted by molar-refractivity contribution is -0.133. The van der Waals surface area contributed by atoms with E-state index < -0.39 is 17.9 Å². The molecule has 0 aliphatic heterocycles. The summed E-state index contributed by atoms with van der Waals surface area (Å²) < 4.78 is 0. The van der Waals surface area contributed by atoms with Crippen LogP contribution in [0.4, 0.5) is 0 Å². The van der Waals surface area contributed by atoms with E-state index in [2.05, 4.69) is 0 Å². The molecule has 104 valence electrons. The lowest BCUT2D eigenvalue weighted by atomic mass is 10.3. The molecule has 0 spiro atoms. The summed E-state index contributed by atoms with van der Waals surface area (Å²) in [7, 11) is 0. The number of carboxylic acids is 3. The van der Waals surface area contributed by atoms with Gasteiger partial charge in [0, 0.05) is 18.6 Å². The summed E-state index contributed by atoms with van der Waals surface area (Å²) in [4.78, 5) is 33.2. The average molecular weight is 269 g/mol. The zero-order valence-electron chi connectivity index (χ0n) is 10.7. The Kier molecular flexibility index (Phi) is 6.05. The van der Waals surface area contributed by atoms with Crippen LogP contribution in [0.1, 0.15) is 20.8 Å². The first kappa shape index (κ1) is 16.4. The third-order valence-corrected chi connectivity index (χ3v) is 2.04. The zero-order valence-corrected chi connectivity index (χ0v) is 10.7. The summed E-state index contributed by atoms with van der Waals surface area (Å²) in [5.41, 5.74) is -0.198. The van der Waals surface area contributed by atoms with Crippen LogP contribution in [0.2, 0.25) is 0 Å². The van der Waals surface area contributed by atoms with Gasteiger partial charge < -0.3 is 20.2 Å². The van der Waals surface area contributed by atoms with Crippen LogP contribution in [0, 0.1) is 0 Å². The van der Waals surface area contributed by atoms with Crippen molar-refractivity contribution in [1.29, 1.82) is 0 Å². The molecule has 0 amide bonds. The number of hydrogen-bond acceptors (Lipinski definition) is 4. The highest BCUT2D eigenvalue weighted by atomic mass is 16.4. The Morgan fingerprint density at radius 3 is 1.05 bits per heavy atom. The molecule has 0 radical (unpaired) electrons. The van der Waals surface area contributed by atoms with E-state index >= 15 is 0 Å². The van der Waals surface area contributed by atoms with Gasteiger partial charge in [-0.1, -0.05) is 0 Å². The maximum absolute atomic E-state index is 10.7. The van der Waals surface area contributed by atoms with Crippen molar-refractivity contribution in [2.75, 3.05) is 0 Å². The van der Waals surface area contributed by atoms with Gasteiger partial charge in [0.1, 0.15) is 0 Å². The van der Waals surface area contributed by atoms with E-state index in [1.807, 2.05) is 0 Å². The number of aliphatic carboxylic acids is 3. The summed E-state index contributed by atoms with van der Waals surface area (Å²) in [5.74, 6) is -3.56. The number of hydrogen-bond donors (Lipinski definition) is 3. The molecule has 0 saturated carbocycles. The van der Waals surface area contributed by atoms with Gasteiger partial charge >= 0.3 is 17.9 Å². The van der Waals surface area contributed by atoms with Gasteiger partial charge in [-0.05, 0) is 20.8 Å². The van der Waals surface area contributed by atoms with Gasteiger partial charge in [-0.15, -0.1) is 0 Å². The highest BCUT2D eigenvalue weighted by molar-refractivity contribution is 5.87. The smallest absolute Gasteiger partial charge is 0.332 e. The minimum Gasteiger partial charge on any atom is -0.478 e. The minimum atomic E-state index is -1.19. The van der Waals surface area contributed by atoms with Crippen molar-refractivity contribution in [3.63, 3.8) is 0 Å². The van der Waals surface area contributed by atoms with Crippen molar-refractivity contribution in [2.45, 2.75) is 20.8 Å². The molecule has 3 N–H and O–H groups in total. The fourth-order valence-electron chi connectivity index (χ4n) is 0.948.